The van der Waals surface area contributed by atoms with Crippen LogP contribution >= 0.6 is 0 Å². The third kappa shape index (κ3) is 3.60. The Bertz CT molecular complexity index is 339. The van der Waals surface area contributed by atoms with E-state index in [4.69, 9.17) is 0 Å². The second kappa shape index (κ2) is 4.96. The Morgan fingerprint density at radius 1 is 1.25 bits per heavy atom. The molecule has 1 aromatic rings. The zero-order valence-electron chi connectivity index (χ0n) is 10.9. The van der Waals surface area contributed by atoms with Crippen LogP contribution < -0.4 is 0 Å². The van der Waals surface area contributed by atoms with Crippen molar-refractivity contribution in [2.75, 3.05) is 0 Å². The molecule has 0 atom stereocenters. The fourth-order valence-corrected chi connectivity index (χ4v) is 2.03. The quantitative estimate of drug-likeness (QED) is 0.752. The van der Waals surface area contributed by atoms with Crippen molar-refractivity contribution in [3.8, 4) is 0 Å². The van der Waals surface area contributed by atoms with Crippen molar-refractivity contribution in [3.63, 3.8) is 0 Å². The van der Waals surface area contributed by atoms with E-state index in [0.717, 1.165) is 12.1 Å². The van der Waals surface area contributed by atoms with E-state index in [0.29, 0.717) is 6.04 Å². The van der Waals surface area contributed by atoms with Crippen molar-refractivity contribution in [1.29, 1.82) is 0 Å². The maximum Gasteiger partial charge on any atom is 0.123 e. The summed E-state index contributed by atoms with van der Waals surface area (Å²) in [5, 5.41) is 0. The number of hydrogen-bond acceptors (Lipinski definition) is 1. The lowest BCUT2D eigenvalue weighted by Gasteiger charge is -2.39. The average molecular weight is 223 g/mol. The molecule has 0 radical (unpaired) electrons. The molecule has 0 N–H and O–H groups in total. The maximum absolute atomic E-state index is 13.1. The molecular formula is C14H22FN. The number of benzene rings is 1. The summed E-state index contributed by atoms with van der Waals surface area (Å²) >= 11 is 0. The SMILES string of the molecule is CC(C)N(Cc1cccc(F)c1)C(C)(C)C. The van der Waals surface area contributed by atoms with Crippen LogP contribution in [0.5, 0.6) is 0 Å². The molecular weight excluding hydrogens is 201 g/mol. The van der Waals surface area contributed by atoms with Crippen molar-refractivity contribution in [2.45, 2.75) is 52.7 Å². The summed E-state index contributed by atoms with van der Waals surface area (Å²) in [6.45, 7) is 11.7. The highest BCUT2D eigenvalue weighted by molar-refractivity contribution is 5.16. The first-order valence-corrected chi connectivity index (χ1v) is 5.82. The van der Waals surface area contributed by atoms with Crippen LogP contribution in [0.3, 0.4) is 0 Å². The molecule has 0 spiro atoms. The van der Waals surface area contributed by atoms with Crippen LogP contribution in [0.4, 0.5) is 4.39 Å². The van der Waals surface area contributed by atoms with Gasteiger partial charge < -0.3 is 0 Å². The number of halogens is 1. The van der Waals surface area contributed by atoms with E-state index in [9.17, 15) is 4.39 Å². The second-order valence-corrected chi connectivity index (χ2v) is 5.52. The maximum atomic E-state index is 13.1. The minimum Gasteiger partial charge on any atom is -0.292 e. The molecule has 0 heterocycles. The molecule has 0 saturated carbocycles. The van der Waals surface area contributed by atoms with E-state index in [1.165, 1.54) is 6.07 Å². The fourth-order valence-electron chi connectivity index (χ4n) is 2.03. The molecule has 0 aliphatic carbocycles. The summed E-state index contributed by atoms with van der Waals surface area (Å²) in [6.07, 6.45) is 0. The molecule has 1 aromatic carbocycles. The smallest absolute Gasteiger partial charge is 0.123 e. The summed E-state index contributed by atoms with van der Waals surface area (Å²) in [5.74, 6) is -0.157. The van der Waals surface area contributed by atoms with E-state index in [1.807, 2.05) is 6.07 Å². The van der Waals surface area contributed by atoms with Gasteiger partial charge in [0, 0.05) is 18.1 Å². The topological polar surface area (TPSA) is 3.24 Å². The molecule has 0 bridgehead atoms. The molecule has 2 heteroatoms. The van der Waals surface area contributed by atoms with Crippen molar-refractivity contribution in [1.82, 2.24) is 4.90 Å². The van der Waals surface area contributed by atoms with Gasteiger partial charge in [-0.1, -0.05) is 12.1 Å². The van der Waals surface area contributed by atoms with Crippen LogP contribution in [0.25, 0.3) is 0 Å². The minimum atomic E-state index is -0.157. The van der Waals surface area contributed by atoms with E-state index < -0.39 is 0 Å². The molecule has 0 saturated heterocycles. The monoisotopic (exact) mass is 223 g/mol. The Hall–Kier alpha value is -0.890. The van der Waals surface area contributed by atoms with Gasteiger partial charge in [0.25, 0.3) is 0 Å². The Morgan fingerprint density at radius 3 is 2.31 bits per heavy atom. The zero-order chi connectivity index (χ0) is 12.3. The normalized spacial score (nSPS) is 12.5. The third-order valence-electron chi connectivity index (χ3n) is 2.73. The lowest BCUT2D eigenvalue weighted by molar-refractivity contribution is 0.0900. The predicted molar refractivity (Wildman–Crippen MR) is 66.8 cm³/mol. The summed E-state index contributed by atoms with van der Waals surface area (Å²) in [7, 11) is 0. The molecule has 16 heavy (non-hydrogen) atoms. The number of rotatable bonds is 3. The van der Waals surface area contributed by atoms with Crippen LogP contribution in [0.1, 0.15) is 40.2 Å². The lowest BCUT2D eigenvalue weighted by atomic mass is 10.0. The van der Waals surface area contributed by atoms with Gasteiger partial charge in [0.15, 0.2) is 0 Å². The van der Waals surface area contributed by atoms with E-state index in [1.54, 1.807) is 12.1 Å². The van der Waals surface area contributed by atoms with Crippen molar-refractivity contribution >= 4 is 0 Å². The first-order valence-electron chi connectivity index (χ1n) is 5.82. The summed E-state index contributed by atoms with van der Waals surface area (Å²) in [6, 6.07) is 7.29. The molecule has 1 nitrogen and oxygen atoms in total. The highest BCUT2D eigenvalue weighted by atomic mass is 19.1. The van der Waals surface area contributed by atoms with Crippen LogP contribution in [0, 0.1) is 5.82 Å². The highest BCUT2D eigenvalue weighted by Gasteiger charge is 2.23. The first kappa shape index (κ1) is 13.2. The Labute approximate surface area is 98.3 Å². The Morgan fingerprint density at radius 2 is 1.88 bits per heavy atom. The van der Waals surface area contributed by atoms with Gasteiger partial charge in [0.05, 0.1) is 0 Å². The molecule has 1 rings (SSSR count). The first-order chi connectivity index (χ1) is 7.30. The summed E-state index contributed by atoms with van der Waals surface area (Å²) in [5.41, 5.74) is 1.13. The highest BCUT2D eigenvalue weighted by Crippen LogP contribution is 2.20. The molecule has 0 aliphatic rings. The number of hydrogen-bond donors (Lipinski definition) is 0. The number of nitrogens with zero attached hydrogens (tertiary/aromatic N) is 1. The van der Waals surface area contributed by atoms with Gasteiger partial charge >= 0.3 is 0 Å². The molecule has 90 valence electrons. The zero-order valence-corrected chi connectivity index (χ0v) is 10.9. The third-order valence-corrected chi connectivity index (χ3v) is 2.73. The minimum absolute atomic E-state index is 0.0977. The van der Waals surface area contributed by atoms with Gasteiger partial charge in [0.1, 0.15) is 5.82 Å². The van der Waals surface area contributed by atoms with Gasteiger partial charge in [-0.05, 0) is 52.3 Å². The van der Waals surface area contributed by atoms with Crippen LogP contribution in [-0.2, 0) is 6.54 Å². The molecule has 0 fully saturated rings. The van der Waals surface area contributed by atoms with Gasteiger partial charge in [-0.2, -0.15) is 0 Å². The van der Waals surface area contributed by atoms with Crippen LogP contribution in [-0.4, -0.2) is 16.5 Å². The largest absolute Gasteiger partial charge is 0.292 e. The van der Waals surface area contributed by atoms with Gasteiger partial charge in [0.2, 0.25) is 0 Å². The lowest BCUT2D eigenvalue weighted by Crippen LogP contribution is -2.45. The summed E-state index contributed by atoms with van der Waals surface area (Å²) in [4.78, 5) is 2.36. The standard InChI is InChI=1S/C14H22FN/c1-11(2)16(14(3,4)5)10-12-7-6-8-13(15)9-12/h6-9,11H,10H2,1-5H3. The Kier molecular flexibility index (Phi) is 4.09. The van der Waals surface area contributed by atoms with Gasteiger partial charge in [-0.25, -0.2) is 4.39 Å². The van der Waals surface area contributed by atoms with E-state index in [2.05, 4.69) is 39.5 Å². The van der Waals surface area contributed by atoms with Crippen LogP contribution in [0.2, 0.25) is 0 Å². The fraction of sp³-hybridized carbons (Fsp3) is 0.571. The molecule has 0 unspecified atom stereocenters. The van der Waals surface area contributed by atoms with Crippen molar-refractivity contribution < 1.29 is 4.39 Å². The van der Waals surface area contributed by atoms with Gasteiger partial charge in [-0.3, -0.25) is 4.90 Å². The summed E-state index contributed by atoms with van der Waals surface area (Å²) < 4.78 is 13.1. The predicted octanol–water partition coefficient (Wildman–Crippen LogP) is 3.83. The van der Waals surface area contributed by atoms with Crippen molar-refractivity contribution in [2.24, 2.45) is 0 Å². The van der Waals surface area contributed by atoms with E-state index in [-0.39, 0.29) is 11.4 Å². The Balaban J connectivity index is 2.84. The second-order valence-electron chi connectivity index (χ2n) is 5.52. The molecule has 0 aromatic heterocycles. The molecule has 0 aliphatic heterocycles. The van der Waals surface area contributed by atoms with Gasteiger partial charge in [-0.15, -0.1) is 0 Å². The van der Waals surface area contributed by atoms with Crippen molar-refractivity contribution in [3.05, 3.63) is 35.6 Å². The van der Waals surface area contributed by atoms with Crippen LogP contribution in [0.15, 0.2) is 24.3 Å². The molecule has 0 amide bonds. The van der Waals surface area contributed by atoms with E-state index >= 15 is 0 Å². The average Bonchev–Trinajstić information content (AvgIpc) is 2.12.